The van der Waals surface area contributed by atoms with Gasteiger partial charge in [-0.25, -0.2) is 4.68 Å². The molecule has 3 aromatic rings. The minimum absolute atomic E-state index is 0.0354. The van der Waals surface area contributed by atoms with Crippen molar-refractivity contribution in [3.8, 4) is 11.4 Å². The van der Waals surface area contributed by atoms with Gasteiger partial charge in [-0.15, -0.1) is 18.3 Å². The fourth-order valence-corrected chi connectivity index (χ4v) is 2.11. The maximum atomic E-state index is 12.2. The van der Waals surface area contributed by atoms with Crippen molar-refractivity contribution in [2.75, 3.05) is 0 Å². The van der Waals surface area contributed by atoms with Gasteiger partial charge in [0.2, 0.25) is 0 Å². The number of aromatic nitrogens is 4. The van der Waals surface area contributed by atoms with E-state index in [9.17, 15) is 18.0 Å². The third-order valence-corrected chi connectivity index (χ3v) is 3.23. The summed E-state index contributed by atoms with van der Waals surface area (Å²) in [6, 6.07) is 8.29. The third kappa shape index (κ3) is 4.56. The molecule has 0 aliphatic rings. The lowest BCUT2D eigenvalue weighted by atomic mass is 10.2. The van der Waals surface area contributed by atoms with Crippen LogP contribution in [0.1, 0.15) is 16.1 Å². The molecule has 3 rings (SSSR count). The zero-order valence-electron chi connectivity index (χ0n) is 13.1. The first-order chi connectivity index (χ1) is 12.4. The van der Waals surface area contributed by atoms with Crippen molar-refractivity contribution in [3.63, 3.8) is 0 Å². The number of alkyl halides is 3. The quantitative estimate of drug-likeness (QED) is 0.753. The second-order valence-corrected chi connectivity index (χ2v) is 5.12. The molecular formula is C16H12F3N5O2. The van der Waals surface area contributed by atoms with E-state index >= 15 is 0 Å². The van der Waals surface area contributed by atoms with Gasteiger partial charge in [0.25, 0.3) is 5.91 Å². The topological polar surface area (TPSA) is 81.9 Å². The van der Waals surface area contributed by atoms with Crippen molar-refractivity contribution < 1.29 is 22.7 Å². The predicted molar refractivity (Wildman–Crippen MR) is 83.4 cm³/mol. The summed E-state index contributed by atoms with van der Waals surface area (Å²) in [5, 5.41) is 10.4. The fraction of sp³-hybridized carbons (Fsp3) is 0.125. The Labute approximate surface area is 145 Å². The van der Waals surface area contributed by atoms with Crippen molar-refractivity contribution >= 4 is 5.91 Å². The molecule has 2 aromatic heterocycles. The van der Waals surface area contributed by atoms with Crippen LogP contribution in [0, 0.1) is 0 Å². The Bertz CT molecular complexity index is 896. The van der Waals surface area contributed by atoms with Crippen LogP contribution in [-0.2, 0) is 6.54 Å². The Morgan fingerprint density at radius 2 is 1.96 bits per heavy atom. The number of benzene rings is 1. The van der Waals surface area contributed by atoms with Crippen molar-refractivity contribution in [1.29, 1.82) is 0 Å². The minimum atomic E-state index is -4.82. The molecule has 0 radical (unpaired) electrons. The molecule has 0 saturated carbocycles. The predicted octanol–water partition coefficient (Wildman–Crippen LogP) is 2.49. The molecule has 10 heteroatoms. The number of hydrogen-bond acceptors (Lipinski definition) is 5. The standard InChI is InChI=1S/C16H12F3N5O2/c17-16(18,19)26-14-3-1-2-11(8-14)15(25)21-9-12-10-24(23-22-12)13-4-6-20-7-5-13/h1-8,10H,9H2,(H,21,25). The van der Waals surface area contributed by atoms with Crippen LogP contribution in [0.25, 0.3) is 5.69 Å². The molecule has 0 bridgehead atoms. The largest absolute Gasteiger partial charge is 0.573 e. The minimum Gasteiger partial charge on any atom is -0.406 e. The molecule has 0 fully saturated rings. The van der Waals surface area contributed by atoms with Gasteiger partial charge in [-0.3, -0.25) is 9.78 Å². The number of ether oxygens (including phenoxy) is 1. The summed E-state index contributed by atoms with van der Waals surface area (Å²) in [5.74, 6) is -1.02. The number of rotatable bonds is 5. The number of nitrogens with one attached hydrogen (secondary N) is 1. The van der Waals surface area contributed by atoms with E-state index in [2.05, 4.69) is 25.3 Å². The number of amides is 1. The van der Waals surface area contributed by atoms with Crippen molar-refractivity contribution in [1.82, 2.24) is 25.3 Å². The molecular weight excluding hydrogens is 351 g/mol. The second-order valence-electron chi connectivity index (χ2n) is 5.12. The molecule has 7 nitrogen and oxygen atoms in total. The van der Waals surface area contributed by atoms with Gasteiger partial charge in [0, 0.05) is 18.0 Å². The van der Waals surface area contributed by atoms with E-state index in [1.54, 1.807) is 30.7 Å². The van der Waals surface area contributed by atoms with Gasteiger partial charge in [0.15, 0.2) is 0 Å². The van der Waals surface area contributed by atoms with E-state index in [1.807, 2.05) is 0 Å². The summed E-state index contributed by atoms with van der Waals surface area (Å²) < 4.78 is 42.0. The van der Waals surface area contributed by atoms with Crippen LogP contribution in [0.15, 0.2) is 55.0 Å². The Morgan fingerprint density at radius 1 is 1.19 bits per heavy atom. The Morgan fingerprint density at radius 3 is 2.69 bits per heavy atom. The molecule has 134 valence electrons. The van der Waals surface area contributed by atoms with E-state index in [-0.39, 0.29) is 12.1 Å². The van der Waals surface area contributed by atoms with Crippen LogP contribution in [0.5, 0.6) is 5.75 Å². The van der Waals surface area contributed by atoms with E-state index in [4.69, 9.17) is 0 Å². The average molecular weight is 363 g/mol. The van der Waals surface area contributed by atoms with Gasteiger partial charge in [0.05, 0.1) is 18.4 Å². The Balaban J connectivity index is 1.63. The summed E-state index contributed by atoms with van der Waals surface area (Å²) in [6.07, 6.45) is 0.0162. The molecule has 0 atom stereocenters. The summed E-state index contributed by atoms with van der Waals surface area (Å²) >= 11 is 0. The third-order valence-electron chi connectivity index (χ3n) is 3.23. The number of carbonyl (C=O) groups is 1. The lowest BCUT2D eigenvalue weighted by molar-refractivity contribution is -0.274. The highest BCUT2D eigenvalue weighted by Crippen LogP contribution is 2.23. The van der Waals surface area contributed by atoms with E-state index < -0.39 is 18.0 Å². The molecule has 0 saturated heterocycles. The van der Waals surface area contributed by atoms with E-state index in [0.29, 0.717) is 5.69 Å². The van der Waals surface area contributed by atoms with Gasteiger partial charge in [-0.05, 0) is 30.3 Å². The van der Waals surface area contributed by atoms with Crippen molar-refractivity contribution in [3.05, 3.63) is 66.2 Å². The molecule has 0 aliphatic carbocycles. The Hall–Kier alpha value is -3.43. The summed E-state index contributed by atoms with van der Waals surface area (Å²) in [4.78, 5) is 16.0. The normalized spacial score (nSPS) is 11.2. The molecule has 0 unspecified atom stereocenters. The molecule has 0 aliphatic heterocycles. The number of nitrogens with zero attached hydrogens (tertiary/aromatic N) is 4. The molecule has 1 aromatic carbocycles. The Kier molecular flexibility index (Phi) is 4.83. The lowest BCUT2D eigenvalue weighted by Gasteiger charge is -2.10. The first-order valence-electron chi connectivity index (χ1n) is 7.36. The van der Waals surface area contributed by atoms with Crippen LogP contribution < -0.4 is 10.1 Å². The van der Waals surface area contributed by atoms with Crippen molar-refractivity contribution in [2.45, 2.75) is 12.9 Å². The highest BCUT2D eigenvalue weighted by atomic mass is 19.4. The summed E-state index contributed by atoms with van der Waals surface area (Å²) in [5.41, 5.74) is 1.27. The monoisotopic (exact) mass is 363 g/mol. The number of carbonyl (C=O) groups excluding carboxylic acids is 1. The van der Waals surface area contributed by atoms with Crippen molar-refractivity contribution in [2.24, 2.45) is 0 Å². The smallest absolute Gasteiger partial charge is 0.406 e. The lowest BCUT2D eigenvalue weighted by Crippen LogP contribution is -2.23. The van der Waals surface area contributed by atoms with Crippen LogP contribution in [-0.4, -0.2) is 32.2 Å². The molecule has 26 heavy (non-hydrogen) atoms. The molecule has 1 N–H and O–H groups in total. The van der Waals surface area contributed by atoms with Crippen LogP contribution in [0.3, 0.4) is 0 Å². The molecule has 0 spiro atoms. The number of pyridine rings is 1. The molecule has 1 amide bonds. The first-order valence-corrected chi connectivity index (χ1v) is 7.36. The van der Waals surface area contributed by atoms with Gasteiger partial charge in [-0.1, -0.05) is 11.3 Å². The molecule has 2 heterocycles. The van der Waals surface area contributed by atoms with E-state index in [0.717, 1.165) is 17.8 Å². The maximum absolute atomic E-state index is 12.2. The van der Waals surface area contributed by atoms with Crippen LogP contribution in [0.2, 0.25) is 0 Å². The number of halogens is 3. The highest BCUT2D eigenvalue weighted by molar-refractivity contribution is 5.94. The van der Waals surface area contributed by atoms with Gasteiger partial charge in [0.1, 0.15) is 11.4 Å². The maximum Gasteiger partial charge on any atom is 0.573 e. The summed E-state index contributed by atoms with van der Waals surface area (Å²) in [6.45, 7) is 0.0638. The second kappa shape index (κ2) is 7.21. The van der Waals surface area contributed by atoms with E-state index in [1.165, 1.54) is 16.8 Å². The fourth-order valence-electron chi connectivity index (χ4n) is 2.11. The average Bonchev–Trinajstić information content (AvgIpc) is 3.08. The number of hydrogen-bond donors (Lipinski definition) is 1. The van der Waals surface area contributed by atoms with Gasteiger partial charge < -0.3 is 10.1 Å². The van der Waals surface area contributed by atoms with Crippen LogP contribution in [0.4, 0.5) is 13.2 Å². The zero-order chi connectivity index (χ0) is 18.6. The van der Waals surface area contributed by atoms with Crippen LogP contribution >= 0.6 is 0 Å². The van der Waals surface area contributed by atoms with Gasteiger partial charge >= 0.3 is 6.36 Å². The van der Waals surface area contributed by atoms with Gasteiger partial charge in [-0.2, -0.15) is 0 Å². The highest BCUT2D eigenvalue weighted by Gasteiger charge is 2.31. The SMILES string of the molecule is O=C(NCc1cn(-c2ccncc2)nn1)c1cccc(OC(F)(F)F)c1. The summed E-state index contributed by atoms with van der Waals surface area (Å²) in [7, 11) is 0. The first kappa shape index (κ1) is 17.4. The zero-order valence-corrected chi connectivity index (χ0v) is 13.1.